The van der Waals surface area contributed by atoms with Gasteiger partial charge in [0.2, 0.25) is 11.8 Å². The zero-order valence-corrected chi connectivity index (χ0v) is 12.7. The van der Waals surface area contributed by atoms with Gasteiger partial charge in [-0.15, -0.1) is 0 Å². The van der Waals surface area contributed by atoms with Gasteiger partial charge in [-0.05, 0) is 19.3 Å². The maximum Gasteiger partial charge on any atom is 0.241 e. The SMILES string of the molecule is CCN(CC1CCOC1)C(=O)CNC(=O)[C@@H](N)C(C)C. The molecule has 20 heavy (non-hydrogen) atoms. The maximum absolute atomic E-state index is 12.1. The number of hydrogen-bond acceptors (Lipinski definition) is 4. The van der Waals surface area contributed by atoms with Gasteiger partial charge >= 0.3 is 0 Å². The lowest BCUT2D eigenvalue weighted by molar-refractivity contribution is -0.133. The van der Waals surface area contributed by atoms with Crippen LogP contribution in [-0.4, -0.2) is 55.6 Å². The highest BCUT2D eigenvalue weighted by Gasteiger charge is 2.23. The molecule has 1 aliphatic rings. The second kappa shape index (κ2) is 8.21. The summed E-state index contributed by atoms with van der Waals surface area (Å²) < 4.78 is 5.31. The number of rotatable bonds is 7. The fraction of sp³-hybridized carbons (Fsp3) is 0.857. The number of nitrogens with two attached hydrogens (primary N) is 1. The van der Waals surface area contributed by atoms with E-state index in [-0.39, 0.29) is 24.3 Å². The molecular formula is C14H27N3O3. The molecule has 2 atom stereocenters. The molecule has 0 saturated carbocycles. The summed E-state index contributed by atoms with van der Waals surface area (Å²) in [5.41, 5.74) is 5.73. The molecule has 0 spiro atoms. The van der Waals surface area contributed by atoms with Crippen LogP contribution < -0.4 is 11.1 Å². The van der Waals surface area contributed by atoms with Gasteiger partial charge in [0.15, 0.2) is 0 Å². The molecule has 1 fully saturated rings. The highest BCUT2D eigenvalue weighted by molar-refractivity contribution is 5.87. The molecular weight excluding hydrogens is 258 g/mol. The van der Waals surface area contributed by atoms with Crippen molar-refractivity contribution in [3.63, 3.8) is 0 Å². The van der Waals surface area contributed by atoms with Crippen LogP contribution in [0.4, 0.5) is 0 Å². The molecule has 1 heterocycles. The predicted octanol–water partition coefficient (Wildman–Crippen LogP) is -0.0291. The smallest absolute Gasteiger partial charge is 0.241 e. The van der Waals surface area contributed by atoms with Crippen molar-refractivity contribution in [1.82, 2.24) is 10.2 Å². The first kappa shape index (κ1) is 16.9. The molecule has 116 valence electrons. The van der Waals surface area contributed by atoms with E-state index in [1.54, 1.807) is 4.90 Å². The van der Waals surface area contributed by atoms with Crippen molar-refractivity contribution in [3.05, 3.63) is 0 Å². The lowest BCUT2D eigenvalue weighted by Gasteiger charge is -2.24. The Kier molecular flexibility index (Phi) is 6.95. The molecule has 0 radical (unpaired) electrons. The van der Waals surface area contributed by atoms with Crippen molar-refractivity contribution in [3.8, 4) is 0 Å². The zero-order valence-electron chi connectivity index (χ0n) is 12.7. The first-order valence-corrected chi connectivity index (χ1v) is 7.34. The van der Waals surface area contributed by atoms with E-state index < -0.39 is 6.04 Å². The summed E-state index contributed by atoms with van der Waals surface area (Å²) in [5.74, 6) is 0.132. The Morgan fingerprint density at radius 2 is 2.15 bits per heavy atom. The second-order valence-electron chi connectivity index (χ2n) is 5.65. The Morgan fingerprint density at radius 1 is 1.45 bits per heavy atom. The fourth-order valence-corrected chi connectivity index (χ4v) is 2.14. The predicted molar refractivity (Wildman–Crippen MR) is 77.0 cm³/mol. The molecule has 6 heteroatoms. The molecule has 0 aromatic carbocycles. The summed E-state index contributed by atoms with van der Waals surface area (Å²) in [6, 6.07) is -0.568. The van der Waals surface area contributed by atoms with E-state index >= 15 is 0 Å². The first-order chi connectivity index (χ1) is 9.45. The molecule has 2 amide bonds. The van der Waals surface area contributed by atoms with Crippen molar-refractivity contribution in [2.75, 3.05) is 32.8 Å². The van der Waals surface area contributed by atoms with Crippen LogP contribution in [0.25, 0.3) is 0 Å². The molecule has 0 aromatic heterocycles. The molecule has 1 saturated heterocycles. The third kappa shape index (κ3) is 5.09. The van der Waals surface area contributed by atoms with Crippen LogP contribution in [-0.2, 0) is 14.3 Å². The minimum Gasteiger partial charge on any atom is -0.381 e. The highest BCUT2D eigenvalue weighted by Crippen LogP contribution is 2.13. The average molecular weight is 285 g/mol. The van der Waals surface area contributed by atoms with E-state index in [1.807, 2.05) is 20.8 Å². The second-order valence-corrected chi connectivity index (χ2v) is 5.65. The number of amides is 2. The number of carbonyl (C=O) groups excluding carboxylic acids is 2. The van der Waals surface area contributed by atoms with Crippen molar-refractivity contribution < 1.29 is 14.3 Å². The van der Waals surface area contributed by atoms with Gasteiger partial charge < -0.3 is 20.7 Å². The van der Waals surface area contributed by atoms with Crippen LogP contribution in [0.3, 0.4) is 0 Å². The molecule has 0 bridgehead atoms. The average Bonchev–Trinajstić information content (AvgIpc) is 2.93. The lowest BCUT2D eigenvalue weighted by atomic mass is 10.1. The quantitative estimate of drug-likeness (QED) is 0.688. The maximum atomic E-state index is 12.1. The lowest BCUT2D eigenvalue weighted by Crippen LogP contribution is -2.48. The third-order valence-corrected chi connectivity index (χ3v) is 3.67. The van der Waals surface area contributed by atoms with Gasteiger partial charge in [-0.25, -0.2) is 0 Å². The summed E-state index contributed by atoms with van der Waals surface area (Å²) >= 11 is 0. The summed E-state index contributed by atoms with van der Waals surface area (Å²) in [7, 11) is 0. The van der Waals surface area contributed by atoms with Crippen molar-refractivity contribution in [2.24, 2.45) is 17.6 Å². The van der Waals surface area contributed by atoms with Gasteiger partial charge in [0.25, 0.3) is 0 Å². The van der Waals surface area contributed by atoms with Crippen LogP contribution in [0.5, 0.6) is 0 Å². The third-order valence-electron chi connectivity index (χ3n) is 3.67. The Morgan fingerprint density at radius 3 is 2.65 bits per heavy atom. The minimum absolute atomic E-state index is 0.0146. The number of nitrogens with one attached hydrogen (secondary N) is 1. The summed E-state index contributed by atoms with van der Waals surface area (Å²) in [4.78, 5) is 25.6. The van der Waals surface area contributed by atoms with Crippen molar-refractivity contribution >= 4 is 11.8 Å². The van der Waals surface area contributed by atoms with Gasteiger partial charge in [0.1, 0.15) is 0 Å². The standard InChI is InChI=1S/C14H27N3O3/c1-4-17(8-11-5-6-20-9-11)12(18)7-16-14(19)13(15)10(2)3/h10-11,13H,4-9,15H2,1-3H3,(H,16,19)/t11?,13-/m0/s1. The minimum atomic E-state index is -0.568. The number of carbonyl (C=O) groups is 2. The van der Waals surface area contributed by atoms with Gasteiger partial charge in [-0.1, -0.05) is 13.8 Å². The van der Waals surface area contributed by atoms with Crippen LogP contribution in [0.1, 0.15) is 27.2 Å². The van der Waals surface area contributed by atoms with E-state index in [9.17, 15) is 9.59 Å². The molecule has 1 aliphatic heterocycles. The highest BCUT2D eigenvalue weighted by atomic mass is 16.5. The van der Waals surface area contributed by atoms with Crippen LogP contribution in [0.15, 0.2) is 0 Å². The van der Waals surface area contributed by atoms with Gasteiger partial charge in [-0.3, -0.25) is 9.59 Å². The number of likely N-dealkylation sites (N-methyl/N-ethyl adjacent to an activating group) is 1. The van der Waals surface area contributed by atoms with Crippen molar-refractivity contribution in [1.29, 1.82) is 0 Å². The van der Waals surface area contributed by atoms with Crippen molar-refractivity contribution in [2.45, 2.75) is 33.2 Å². The first-order valence-electron chi connectivity index (χ1n) is 7.34. The largest absolute Gasteiger partial charge is 0.381 e. The van der Waals surface area contributed by atoms with E-state index in [0.29, 0.717) is 25.6 Å². The van der Waals surface area contributed by atoms with Gasteiger partial charge in [0.05, 0.1) is 19.2 Å². The van der Waals surface area contributed by atoms with E-state index in [2.05, 4.69) is 5.32 Å². The van der Waals surface area contributed by atoms with Crippen LogP contribution in [0, 0.1) is 11.8 Å². The molecule has 0 aliphatic carbocycles. The Bertz CT molecular complexity index is 328. The normalized spacial score (nSPS) is 19.9. The monoisotopic (exact) mass is 285 g/mol. The topological polar surface area (TPSA) is 84.7 Å². The molecule has 3 N–H and O–H groups in total. The molecule has 0 aromatic rings. The molecule has 1 rings (SSSR count). The fourth-order valence-electron chi connectivity index (χ4n) is 2.14. The number of nitrogens with zero attached hydrogens (tertiary/aromatic N) is 1. The van der Waals surface area contributed by atoms with E-state index in [4.69, 9.17) is 10.5 Å². The Hall–Kier alpha value is -1.14. The van der Waals surface area contributed by atoms with Crippen LogP contribution >= 0.6 is 0 Å². The summed E-state index contributed by atoms with van der Waals surface area (Å²) in [5, 5.41) is 2.62. The molecule has 1 unspecified atom stereocenters. The molecule has 6 nitrogen and oxygen atoms in total. The Balaban J connectivity index is 2.37. The van der Waals surface area contributed by atoms with E-state index in [1.165, 1.54) is 0 Å². The summed E-state index contributed by atoms with van der Waals surface area (Å²) in [6.07, 6.45) is 0.994. The van der Waals surface area contributed by atoms with E-state index in [0.717, 1.165) is 13.0 Å². The van der Waals surface area contributed by atoms with Gasteiger partial charge in [0, 0.05) is 25.6 Å². The van der Waals surface area contributed by atoms with Gasteiger partial charge in [-0.2, -0.15) is 0 Å². The zero-order chi connectivity index (χ0) is 15.1. The van der Waals surface area contributed by atoms with Crippen LogP contribution in [0.2, 0.25) is 0 Å². The summed E-state index contributed by atoms with van der Waals surface area (Å²) in [6.45, 7) is 8.54. The Labute approximate surface area is 121 Å². The number of hydrogen-bond donors (Lipinski definition) is 2. The number of ether oxygens (including phenoxy) is 1.